The van der Waals surface area contributed by atoms with E-state index in [1.807, 2.05) is 18.2 Å². The predicted molar refractivity (Wildman–Crippen MR) is 74.0 cm³/mol. The smallest absolute Gasteiger partial charge is 0.0462 e. The second-order valence-electron chi connectivity index (χ2n) is 3.42. The molecule has 0 fully saturated rings. The molecule has 0 unspecified atom stereocenters. The van der Waals surface area contributed by atoms with Crippen molar-refractivity contribution in [3.63, 3.8) is 0 Å². The summed E-state index contributed by atoms with van der Waals surface area (Å²) in [7, 11) is 0. The van der Waals surface area contributed by atoms with Crippen molar-refractivity contribution in [3.8, 4) is 0 Å². The Morgan fingerprint density at radius 3 is 2.81 bits per heavy atom. The Bertz CT molecular complexity index is 456. The third-order valence-electron chi connectivity index (χ3n) is 2.21. The van der Waals surface area contributed by atoms with E-state index in [4.69, 9.17) is 11.6 Å². The zero-order valence-electron chi connectivity index (χ0n) is 8.54. The molecule has 0 aliphatic carbocycles. The van der Waals surface area contributed by atoms with Gasteiger partial charge in [0, 0.05) is 27.5 Å². The summed E-state index contributed by atoms with van der Waals surface area (Å²) in [5.41, 5.74) is 1.13. The lowest BCUT2D eigenvalue weighted by atomic mass is 10.2. The third kappa shape index (κ3) is 3.32. The molecule has 0 bridgehead atoms. The highest BCUT2D eigenvalue weighted by atomic mass is 79.9. The minimum atomic E-state index is 0.796. The Kier molecular flexibility index (Phi) is 4.41. The van der Waals surface area contributed by atoms with E-state index in [-0.39, 0.29) is 0 Å². The Labute approximate surface area is 113 Å². The van der Waals surface area contributed by atoms with E-state index in [1.54, 1.807) is 11.3 Å². The second kappa shape index (κ2) is 5.82. The van der Waals surface area contributed by atoms with Gasteiger partial charge >= 0.3 is 0 Å². The fraction of sp³-hybridized carbons (Fsp3) is 0.167. The summed E-state index contributed by atoms with van der Waals surface area (Å²) in [4.78, 5) is 1.34. The number of hydrogen-bond acceptors (Lipinski definition) is 2. The van der Waals surface area contributed by atoms with Crippen LogP contribution in [0.15, 0.2) is 40.2 Å². The zero-order chi connectivity index (χ0) is 11.4. The van der Waals surface area contributed by atoms with E-state index >= 15 is 0 Å². The SMILES string of the molecule is Clc1cc(Br)ccc1CNCc1cccs1. The van der Waals surface area contributed by atoms with Crippen molar-refractivity contribution in [3.05, 3.63) is 55.6 Å². The topological polar surface area (TPSA) is 12.0 Å². The molecule has 0 amide bonds. The molecule has 0 saturated heterocycles. The first-order valence-electron chi connectivity index (χ1n) is 4.93. The highest BCUT2D eigenvalue weighted by Gasteiger charge is 2.00. The highest BCUT2D eigenvalue weighted by Crippen LogP contribution is 2.21. The standard InChI is InChI=1S/C12H11BrClNS/c13-10-4-3-9(12(14)6-10)7-15-8-11-2-1-5-16-11/h1-6,15H,7-8H2. The summed E-state index contributed by atoms with van der Waals surface area (Å²) in [6.45, 7) is 1.69. The Hall–Kier alpha value is -0.350. The third-order valence-corrected chi connectivity index (χ3v) is 3.93. The minimum Gasteiger partial charge on any atom is -0.308 e. The first kappa shape index (κ1) is 12.1. The lowest BCUT2D eigenvalue weighted by Gasteiger charge is -2.06. The molecule has 0 spiro atoms. The molecule has 84 valence electrons. The second-order valence-corrected chi connectivity index (χ2v) is 5.77. The van der Waals surface area contributed by atoms with Crippen molar-refractivity contribution >= 4 is 38.9 Å². The fourth-order valence-corrected chi connectivity index (χ4v) is 2.81. The molecule has 1 N–H and O–H groups in total. The van der Waals surface area contributed by atoms with Gasteiger partial charge in [-0.1, -0.05) is 39.7 Å². The van der Waals surface area contributed by atoms with Gasteiger partial charge < -0.3 is 5.32 Å². The zero-order valence-corrected chi connectivity index (χ0v) is 11.7. The number of rotatable bonds is 4. The van der Waals surface area contributed by atoms with Gasteiger partial charge in [-0.3, -0.25) is 0 Å². The molecular formula is C12H11BrClNS. The van der Waals surface area contributed by atoms with Crippen molar-refractivity contribution in [2.75, 3.05) is 0 Å². The summed E-state index contributed by atoms with van der Waals surface area (Å²) in [6.07, 6.45) is 0. The maximum atomic E-state index is 6.12. The maximum Gasteiger partial charge on any atom is 0.0462 e. The fourth-order valence-electron chi connectivity index (χ4n) is 1.40. The lowest BCUT2D eigenvalue weighted by molar-refractivity contribution is 0.701. The molecule has 2 rings (SSSR count). The van der Waals surface area contributed by atoms with Gasteiger partial charge in [0.2, 0.25) is 0 Å². The summed E-state index contributed by atoms with van der Waals surface area (Å²) in [5.74, 6) is 0. The highest BCUT2D eigenvalue weighted by molar-refractivity contribution is 9.10. The van der Waals surface area contributed by atoms with Gasteiger partial charge in [-0.05, 0) is 29.1 Å². The number of hydrogen-bond donors (Lipinski definition) is 1. The van der Waals surface area contributed by atoms with Crippen LogP contribution < -0.4 is 5.32 Å². The molecule has 1 heterocycles. The monoisotopic (exact) mass is 315 g/mol. The quantitative estimate of drug-likeness (QED) is 0.878. The van der Waals surface area contributed by atoms with Crippen LogP contribution in [0.1, 0.15) is 10.4 Å². The summed E-state index contributed by atoms with van der Waals surface area (Å²) < 4.78 is 1.01. The van der Waals surface area contributed by atoms with E-state index in [0.29, 0.717) is 0 Å². The predicted octanol–water partition coefficient (Wildman–Crippen LogP) is 4.45. The van der Waals surface area contributed by atoms with E-state index in [0.717, 1.165) is 28.1 Å². The largest absolute Gasteiger partial charge is 0.308 e. The summed E-state index contributed by atoms with van der Waals surface area (Å²) in [5, 5.41) is 6.26. The summed E-state index contributed by atoms with van der Waals surface area (Å²) in [6, 6.07) is 10.2. The Morgan fingerprint density at radius 1 is 1.25 bits per heavy atom. The normalized spacial score (nSPS) is 10.6. The molecule has 1 nitrogen and oxygen atoms in total. The molecule has 0 atom stereocenters. The Balaban J connectivity index is 1.90. The van der Waals surface area contributed by atoms with E-state index in [1.165, 1.54) is 4.88 Å². The maximum absolute atomic E-state index is 6.12. The number of benzene rings is 1. The van der Waals surface area contributed by atoms with Gasteiger partial charge in [0.1, 0.15) is 0 Å². The molecular weight excluding hydrogens is 306 g/mol. The van der Waals surface area contributed by atoms with Crippen LogP contribution in [0.25, 0.3) is 0 Å². The van der Waals surface area contributed by atoms with Gasteiger partial charge in [0.25, 0.3) is 0 Å². The van der Waals surface area contributed by atoms with Crippen molar-refractivity contribution in [2.45, 2.75) is 13.1 Å². The van der Waals surface area contributed by atoms with Crippen LogP contribution in [0.2, 0.25) is 5.02 Å². The number of nitrogens with one attached hydrogen (secondary N) is 1. The van der Waals surface area contributed by atoms with Crippen LogP contribution in [-0.4, -0.2) is 0 Å². The number of halogens is 2. The first-order valence-corrected chi connectivity index (χ1v) is 6.98. The summed E-state index contributed by atoms with van der Waals surface area (Å²) >= 11 is 11.3. The Morgan fingerprint density at radius 2 is 2.12 bits per heavy atom. The van der Waals surface area contributed by atoms with Crippen LogP contribution >= 0.6 is 38.9 Å². The van der Waals surface area contributed by atoms with Crippen LogP contribution in [-0.2, 0) is 13.1 Å². The van der Waals surface area contributed by atoms with Gasteiger partial charge in [-0.2, -0.15) is 0 Å². The molecule has 4 heteroatoms. The average molecular weight is 317 g/mol. The molecule has 1 aromatic carbocycles. The van der Waals surface area contributed by atoms with Crippen molar-refractivity contribution < 1.29 is 0 Å². The van der Waals surface area contributed by atoms with Crippen LogP contribution in [0.4, 0.5) is 0 Å². The van der Waals surface area contributed by atoms with E-state index in [2.05, 4.69) is 38.8 Å². The molecule has 0 aliphatic rings. The molecule has 0 saturated carbocycles. The molecule has 16 heavy (non-hydrogen) atoms. The lowest BCUT2D eigenvalue weighted by Crippen LogP contribution is -2.11. The van der Waals surface area contributed by atoms with Crippen molar-refractivity contribution in [1.29, 1.82) is 0 Å². The van der Waals surface area contributed by atoms with Crippen LogP contribution in [0, 0.1) is 0 Å². The van der Waals surface area contributed by atoms with Crippen LogP contribution in [0.3, 0.4) is 0 Å². The first-order chi connectivity index (χ1) is 7.75. The molecule has 0 aliphatic heterocycles. The minimum absolute atomic E-state index is 0.796. The van der Waals surface area contributed by atoms with Crippen molar-refractivity contribution in [2.24, 2.45) is 0 Å². The van der Waals surface area contributed by atoms with Gasteiger partial charge in [-0.25, -0.2) is 0 Å². The van der Waals surface area contributed by atoms with Gasteiger partial charge in [0.15, 0.2) is 0 Å². The van der Waals surface area contributed by atoms with Gasteiger partial charge in [-0.15, -0.1) is 11.3 Å². The van der Waals surface area contributed by atoms with Crippen LogP contribution in [0.5, 0.6) is 0 Å². The van der Waals surface area contributed by atoms with Crippen molar-refractivity contribution in [1.82, 2.24) is 5.32 Å². The molecule has 1 aromatic heterocycles. The van der Waals surface area contributed by atoms with E-state index < -0.39 is 0 Å². The molecule has 2 aromatic rings. The number of thiophene rings is 1. The average Bonchev–Trinajstić information content (AvgIpc) is 2.74. The molecule has 0 radical (unpaired) electrons. The van der Waals surface area contributed by atoms with Gasteiger partial charge in [0.05, 0.1) is 0 Å². The van der Waals surface area contributed by atoms with E-state index in [9.17, 15) is 0 Å².